The van der Waals surface area contributed by atoms with Crippen molar-refractivity contribution in [2.45, 2.75) is 19.1 Å². The van der Waals surface area contributed by atoms with E-state index < -0.39 is 0 Å². The van der Waals surface area contributed by atoms with E-state index in [0.29, 0.717) is 11.5 Å². The van der Waals surface area contributed by atoms with E-state index in [1.807, 2.05) is 6.92 Å². The van der Waals surface area contributed by atoms with Crippen molar-refractivity contribution in [2.75, 3.05) is 30.5 Å². The largest absolute Gasteiger partial charge is 0.382 e. The summed E-state index contributed by atoms with van der Waals surface area (Å²) < 4.78 is 5.24. The number of rotatable bonds is 5. The van der Waals surface area contributed by atoms with Crippen LogP contribution < -0.4 is 16.4 Å². The Hall–Kier alpha value is -2.33. The van der Waals surface area contributed by atoms with Crippen molar-refractivity contribution in [3.63, 3.8) is 0 Å². The van der Waals surface area contributed by atoms with Crippen LogP contribution in [0, 0.1) is 12.3 Å². The van der Waals surface area contributed by atoms with Crippen LogP contribution >= 0.6 is 0 Å². The fourth-order valence-corrected chi connectivity index (χ4v) is 1.70. The lowest BCUT2D eigenvalue weighted by Crippen LogP contribution is -2.40. The zero-order valence-corrected chi connectivity index (χ0v) is 11.3. The third-order valence-electron chi connectivity index (χ3n) is 2.81. The molecule has 0 fully saturated rings. The Morgan fingerprint density at radius 1 is 1.47 bits per heavy atom. The summed E-state index contributed by atoms with van der Waals surface area (Å²) in [4.78, 5) is 13.5. The van der Waals surface area contributed by atoms with E-state index in [2.05, 4.69) is 27.6 Å². The van der Waals surface area contributed by atoms with E-state index in [4.69, 9.17) is 22.6 Å². The van der Waals surface area contributed by atoms with Crippen LogP contribution in [0.3, 0.4) is 0 Å². The molecule has 0 saturated heterocycles. The molecule has 0 aromatic carbocycles. The highest BCUT2D eigenvalue weighted by molar-refractivity contribution is 5.76. The maximum atomic E-state index is 5.75. The smallest absolute Gasteiger partial charge is 0.224 e. The van der Waals surface area contributed by atoms with Crippen LogP contribution in [0.25, 0.3) is 0 Å². The molecule has 2 atom stereocenters. The van der Waals surface area contributed by atoms with E-state index in [0.717, 1.165) is 0 Å². The third kappa shape index (κ3) is 2.92. The van der Waals surface area contributed by atoms with Gasteiger partial charge in [0.05, 0.1) is 6.10 Å². The zero-order chi connectivity index (χ0) is 14.6. The first-order chi connectivity index (χ1) is 8.96. The van der Waals surface area contributed by atoms with Gasteiger partial charge >= 0.3 is 0 Å². The number of likely N-dealkylation sites (N-methyl/N-ethyl adjacent to an activating group) is 1. The van der Waals surface area contributed by atoms with E-state index in [-0.39, 0.29) is 23.9 Å². The summed E-state index contributed by atoms with van der Waals surface area (Å²) in [5.74, 6) is 3.27. The van der Waals surface area contributed by atoms with Gasteiger partial charge in [-0.2, -0.15) is 9.97 Å². The van der Waals surface area contributed by atoms with Crippen LogP contribution in [-0.2, 0) is 4.74 Å². The summed E-state index contributed by atoms with van der Waals surface area (Å²) >= 11 is 0. The number of terminal acetylenes is 1. The van der Waals surface area contributed by atoms with Gasteiger partial charge in [0.15, 0.2) is 11.6 Å². The Morgan fingerprint density at radius 3 is 2.58 bits per heavy atom. The van der Waals surface area contributed by atoms with Gasteiger partial charge in [0, 0.05) is 14.2 Å². The third-order valence-corrected chi connectivity index (χ3v) is 2.81. The first-order valence-electron chi connectivity index (χ1n) is 5.57. The van der Waals surface area contributed by atoms with Gasteiger partial charge in [0.25, 0.3) is 0 Å². The predicted octanol–water partition coefficient (Wildman–Crippen LogP) is 0.446. The molecular formula is C12H18N6O. The van der Waals surface area contributed by atoms with Crippen LogP contribution in [0.15, 0.2) is 4.99 Å². The van der Waals surface area contributed by atoms with Crippen LogP contribution in [0.4, 0.5) is 23.3 Å². The average Bonchev–Trinajstić information content (AvgIpc) is 2.38. The summed E-state index contributed by atoms with van der Waals surface area (Å²) in [6, 6.07) is -0.348. The summed E-state index contributed by atoms with van der Waals surface area (Å²) in [6.45, 7) is 5.31. The molecule has 0 amide bonds. The number of anilines is 3. The van der Waals surface area contributed by atoms with Crippen molar-refractivity contribution >= 4 is 30.0 Å². The first kappa shape index (κ1) is 14.7. The summed E-state index contributed by atoms with van der Waals surface area (Å²) in [5.41, 5.74) is 11.7. The number of ether oxygens (including phenoxy) is 1. The molecule has 0 aliphatic heterocycles. The number of methoxy groups -OCH3 is 1. The Balaban J connectivity index is 3.29. The Morgan fingerprint density at radius 2 is 2.11 bits per heavy atom. The number of nitrogens with two attached hydrogens (primary N) is 2. The molecule has 1 unspecified atom stereocenters. The number of hydrogen-bond acceptors (Lipinski definition) is 7. The number of aliphatic imine (C=N–C) groups is 1. The molecule has 0 aliphatic carbocycles. The molecule has 19 heavy (non-hydrogen) atoms. The van der Waals surface area contributed by atoms with Crippen molar-refractivity contribution in [1.29, 1.82) is 0 Å². The molecule has 1 rings (SSSR count). The lowest BCUT2D eigenvalue weighted by Gasteiger charge is -2.29. The van der Waals surface area contributed by atoms with E-state index in [1.54, 1.807) is 19.1 Å². The molecule has 0 aliphatic rings. The minimum Gasteiger partial charge on any atom is -0.382 e. The Kier molecular flexibility index (Phi) is 4.67. The normalized spacial score (nSPS) is 13.4. The van der Waals surface area contributed by atoms with Crippen molar-refractivity contribution < 1.29 is 4.74 Å². The highest BCUT2D eigenvalue weighted by Gasteiger charge is 2.24. The van der Waals surface area contributed by atoms with Gasteiger partial charge in [-0.15, -0.1) is 6.42 Å². The second-order valence-electron chi connectivity index (χ2n) is 3.96. The fraction of sp³-hybridized carbons (Fsp3) is 0.417. The van der Waals surface area contributed by atoms with Gasteiger partial charge in [-0.3, -0.25) is 4.99 Å². The number of nitrogen functional groups attached to an aromatic ring is 2. The standard InChI is InChI=1S/C12H18N6O/c1-6-8(7(2)19-5)18(4)11-9(15-3)10(13)16-12(14)17-11/h1,7-8H,3H2,2,4-5H3,(H4,13,14,16,17)/t7?,8-/m0/s1. The minimum absolute atomic E-state index is 0.0487. The van der Waals surface area contributed by atoms with E-state index in [9.17, 15) is 0 Å². The van der Waals surface area contributed by atoms with Crippen LogP contribution in [0.5, 0.6) is 0 Å². The SMILES string of the molecule is C#C[C@@H](C(C)OC)N(C)c1nc(N)nc(N)c1N=C. The molecule has 7 nitrogen and oxygen atoms in total. The van der Waals surface area contributed by atoms with Crippen molar-refractivity contribution in [2.24, 2.45) is 4.99 Å². The van der Waals surface area contributed by atoms with Crippen LogP contribution in [0.2, 0.25) is 0 Å². The molecule has 102 valence electrons. The van der Waals surface area contributed by atoms with Crippen molar-refractivity contribution in [3.05, 3.63) is 0 Å². The van der Waals surface area contributed by atoms with Gasteiger partial charge < -0.3 is 21.1 Å². The average molecular weight is 262 g/mol. The predicted molar refractivity (Wildman–Crippen MR) is 77.6 cm³/mol. The number of hydrogen-bond donors (Lipinski definition) is 2. The molecule has 4 N–H and O–H groups in total. The first-order valence-corrected chi connectivity index (χ1v) is 5.57. The molecule has 1 heterocycles. The lowest BCUT2D eigenvalue weighted by atomic mass is 10.1. The Labute approximate surface area is 112 Å². The highest BCUT2D eigenvalue weighted by atomic mass is 16.5. The quantitative estimate of drug-likeness (QED) is 0.590. The number of nitrogens with zero attached hydrogens (tertiary/aromatic N) is 4. The maximum Gasteiger partial charge on any atom is 0.224 e. The molecule has 7 heteroatoms. The Bertz CT molecular complexity index is 510. The van der Waals surface area contributed by atoms with Gasteiger partial charge in [-0.25, -0.2) is 0 Å². The summed E-state index contributed by atoms with van der Waals surface area (Å²) in [7, 11) is 3.34. The van der Waals surface area contributed by atoms with Crippen molar-refractivity contribution in [1.82, 2.24) is 9.97 Å². The lowest BCUT2D eigenvalue weighted by molar-refractivity contribution is 0.108. The van der Waals surface area contributed by atoms with Crippen LogP contribution in [0.1, 0.15) is 6.92 Å². The fourth-order valence-electron chi connectivity index (χ4n) is 1.70. The molecule has 0 saturated carbocycles. The molecule has 0 bridgehead atoms. The van der Waals surface area contributed by atoms with E-state index in [1.165, 1.54) is 0 Å². The number of aromatic nitrogens is 2. The molecule has 1 aromatic heterocycles. The maximum absolute atomic E-state index is 5.75. The minimum atomic E-state index is -0.348. The zero-order valence-electron chi connectivity index (χ0n) is 11.3. The van der Waals surface area contributed by atoms with Gasteiger partial charge in [-0.05, 0) is 13.6 Å². The highest BCUT2D eigenvalue weighted by Crippen LogP contribution is 2.32. The van der Waals surface area contributed by atoms with Crippen LogP contribution in [-0.4, -0.2) is 43.0 Å². The second kappa shape index (κ2) is 6.02. The monoisotopic (exact) mass is 262 g/mol. The molecule has 0 spiro atoms. The van der Waals surface area contributed by atoms with Gasteiger partial charge in [0.2, 0.25) is 5.95 Å². The summed E-state index contributed by atoms with van der Waals surface area (Å²) in [6.07, 6.45) is 5.33. The van der Waals surface area contributed by atoms with Gasteiger partial charge in [-0.1, -0.05) is 5.92 Å². The molecule has 0 radical (unpaired) electrons. The molecular weight excluding hydrogens is 244 g/mol. The van der Waals surface area contributed by atoms with Crippen molar-refractivity contribution in [3.8, 4) is 12.3 Å². The second-order valence-corrected chi connectivity index (χ2v) is 3.96. The summed E-state index contributed by atoms with van der Waals surface area (Å²) in [5, 5.41) is 0. The van der Waals surface area contributed by atoms with Gasteiger partial charge in [0.1, 0.15) is 11.7 Å². The molecule has 1 aromatic rings. The topological polar surface area (TPSA) is 103 Å². The van der Waals surface area contributed by atoms with E-state index >= 15 is 0 Å².